The van der Waals surface area contributed by atoms with Gasteiger partial charge in [-0.3, -0.25) is 10.3 Å². The molecule has 1 aromatic rings. The molecule has 11 heteroatoms. The van der Waals surface area contributed by atoms with E-state index < -0.39 is 45.2 Å². The van der Waals surface area contributed by atoms with E-state index in [1.54, 1.807) is 40.7 Å². The number of nitrogens with zero attached hydrogens (tertiary/aromatic N) is 3. The summed E-state index contributed by atoms with van der Waals surface area (Å²) in [6.45, 7) is 15.7. The van der Waals surface area contributed by atoms with Crippen LogP contribution in [-0.4, -0.2) is 51.5 Å². The highest BCUT2D eigenvalue weighted by Gasteiger charge is 2.58. The molecule has 36 heavy (non-hydrogen) atoms. The molecular weight excluding hydrogens is 497 g/mol. The van der Waals surface area contributed by atoms with Crippen LogP contribution in [0.1, 0.15) is 73.9 Å². The smallest absolute Gasteiger partial charge is 0.414 e. The molecule has 1 aromatic heterocycles. The molecule has 0 saturated heterocycles. The van der Waals surface area contributed by atoms with Gasteiger partial charge in [0.15, 0.2) is 5.72 Å². The molecule has 2 N–H and O–H groups in total. The van der Waals surface area contributed by atoms with E-state index in [0.717, 1.165) is 24.6 Å². The van der Waals surface area contributed by atoms with Crippen molar-refractivity contribution in [3.8, 4) is 0 Å². The van der Waals surface area contributed by atoms with Crippen molar-refractivity contribution in [1.29, 1.82) is 0 Å². The minimum atomic E-state index is -2.96. The van der Waals surface area contributed by atoms with E-state index in [9.17, 15) is 9.00 Å². The Hall–Kier alpha value is -2.01. The highest BCUT2D eigenvalue weighted by atomic mass is 32.2. The summed E-state index contributed by atoms with van der Waals surface area (Å²) >= 11 is 0. The molecule has 4 bridgehead atoms. The zero-order chi connectivity index (χ0) is 26.7. The molecule has 0 fully saturated rings. The highest BCUT2D eigenvalue weighted by Crippen LogP contribution is 2.47. The third-order valence-electron chi connectivity index (χ3n) is 8.60. The normalized spacial score (nSPS) is 30.9. The van der Waals surface area contributed by atoms with Crippen molar-refractivity contribution >= 4 is 40.7 Å². The zero-order valence-electron chi connectivity index (χ0n) is 22.7. The van der Waals surface area contributed by atoms with Gasteiger partial charge in [0, 0.05) is 6.54 Å². The van der Waals surface area contributed by atoms with Gasteiger partial charge in [-0.25, -0.2) is 22.7 Å². The fraction of sp³-hybridized carbons (Fsp3) is 0.720. The molecule has 0 aromatic carbocycles. The molecule has 200 valence electrons. The number of hydrogen-bond donors (Lipinski definition) is 2. The number of aliphatic imine (C=N–C) groups is 1. The van der Waals surface area contributed by atoms with Crippen LogP contribution in [-0.2, 0) is 20.0 Å². The first-order chi connectivity index (χ1) is 16.7. The molecule has 3 aliphatic rings. The lowest BCUT2D eigenvalue weighted by atomic mass is 9.88. The van der Waals surface area contributed by atoms with Gasteiger partial charge in [-0.2, -0.15) is 0 Å². The maximum atomic E-state index is 16.8. The first kappa shape index (κ1) is 27.0. The second-order valence-corrected chi connectivity index (χ2v) is 19.6. The minimum absolute atomic E-state index is 0.171. The van der Waals surface area contributed by atoms with E-state index in [1.807, 2.05) is 0 Å². The summed E-state index contributed by atoms with van der Waals surface area (Å²) in [4.78, 5) is 22.8. The van der Waals surface area contributed by atoms with Gasteiger partial charge in [0.25, 0.3) is 0 Å². The van der Waals surface area contributed by atoms with Crippen molar-refractivity contribution in [3.63, 3.8) is 0 Å². The van der Waals surface area contributed by atoms with E-state index in [2.05, 4.69) is 35.8 Å². The van der Waals surface area contributed by atoms with Crippen LogP contribution >= 0.6 is 0 Å². The van der Waals surface area contributed by atoms with Crippen molar-refractivity contribution in [1.82, 2.24) is 10.3 Å². The number of aromatic nitrogens is 1. The highest BCUT2D eigenvalue weighted by molar-refractivity contribution is 7.96. The number of fused-ring (bicyclic) bond motifs is 6. The Bertz CT molecular complexity index is 1230. The van der Waals surface area contributed by atoms with Gasteiger partial charge >= 0.3 is 6.09 Å². The molecule has 0 saturated carbocycles. The Morgan fingerprint density at radius 3 is 2.42 bits per heavy atom. The van der Waals surface area contributed by atoms with Gasteiger partial charge in [0.1, 0.15) is 33.5 Å². The van der Waals surface area contributed by atoms with Gasteiger partial charge in [-0.15, -0.1) is 0 Å². The number of nitrogens with one attached hydrogen (secondary N) is 2. The summed E-state index contributed by atoms with van der Waals surface area (Å²) < 4.78 is 40.8. The van der Waals surface area contributed by atoms with Crippen LogP contribution in [0, 0.1) is 5.82 Å². The number of halogens is 1. The standard InChI is InChI=1S/C25H40FN5O3SSi/c1-9-36(10-2,11-3)16-15-18-28-20(19(16)26)25(8)17-13-12-14-27-35(17,33)23(4,5)21(31-25)29-22(32)34-24(6,7)30-18/h15,17H,9-14H2,1-8H3,(H,28,30)(H,29,31,32)/t17-,25-,35-/m0/s1. The van der Waals surface area contributed by atoms with E-state index >= 15 is 4.39 Å². The van der Waals surface area contributed by atoms with Crippen LogP contribution in [0.4, 0.5) is 15.0 Å². The van der Waals surface area contributed by atoms with Crippen LogP contribution < -0.4 is 15.8 Å². The largest absolute Gasteiger partial charge is 0.423 e. The molecule has 8 nitrogen and oxygen atoms in total. The van der Waals surface area contributed by atoms with Crippen molar-refractivity contribution in [2.24, 2.45) is 9.36 Å². The van der Waals surface area contributed by atoms with Crippen molar-refractivity contribution in [2.75, 3.05) is 11.9 Å². The number of ether oxygens (including phenoxy) is 1. The van der Waals surface area contributed by atoms with E-state index in [1.165, 1.54) is 0 Å². The van der Waals surface area contributed by atoms with E-state index in [0.29, 0.717) is 24.0 Å². The molecule has 0 spiro atoms. The molecule has 3 atom stereocenters. The number of hydrogen-bond acceptors (Lipinski definition) is 7. The Balaban J connectivity index is 2.13. The fourth-order valence-corrected chi connectivity index (χ4v) is 13.1. The average molecular weight is 538 g/mol. The molecule has 4 rings (SSSR count). The number of pyridine rings is 1. The summed E-state index contributed by atoms with van der Waals surface area (Å²) in [5.41, 5.74) is -2.24. The summed E-state index contributed by atoms with van der Waals surface area (Å²) in [6.07, 6.45) is 0.597. The van der Waals surface area contributed by atoms with Gasteiger partial charge in [-0.05, 0) is 58.7 Å². The lowest BCUT2D eigenvalue weighted by Crippen LogP contribution is -2.63. The maximum Gasteiger partial charge on any atom is 0.414 e. The number of anilines is 1. The Morgan fingerprint density at radius 1 is 1.17 bits per heavy atom. The first-order valence-electron chi connectivity index (χ1n) is 13.0. The Morgan fingerprint density at radius 2 is 1.81 bits per heavy atom. The lowest BCUT2D eigenvalue weighted by molar-refractivity contribution is 0.0623. The first-order valence-corrected chi connectivity index (χ1v) is 17.2. The minimum Gasteiger partial charge on any atom is -0.423 e. The number of alkyl carbamates (subject to hydrolysis) is 1. The number of carbonyl (C=O) groups excluding carboxylic acids is 1. The number of amides is 1. The Labute approximate surface area is 215 Å². The van der Waals surface area contributed by atoms with Gasteiger partial charge in [-0.1, -0.05) is 38.9 Å². The number of amidine groups is 1. The van der Waals surface area contributed by atoms with Crippen LogP contribution in [0.2, 0.25) is 18.1 Å². The predicted octanol–water partition coefficient (Wildman–Crippen LogP) is 4.86. The van der Waals surface area contributed by atoms with Crippen molar-refractivity contribution < 1.29 is 18.1 Å². The molecule has 0 aliphatic carbocycles. The zero-order valence-corrected chi connectivity index (χ0v) is 24.6. The number of rotatable bonds is 4. The van der Waals surface area contributed by atoms with Gasteiger partial charge in [0.05, 0.1) is 23.1 Å². The Kier molecular flexibility index (Phi) is 6.60. The summed E-state index contributed by atoms with van der Waals surface area (Å²) in [5, 5.41) is 6.11. The monoisotopic (exact) mass is 537 g/mol. The molecule has 1 amide bonds. The fourth-order valence-electron chi connectivity index (χ4n) is 6.12. The summed E-state index contributed by atoms with van der Waals surface area (Å²) in [7, 11) is -5.17. The topological polar surface area (TPSA) is 105 Å². The average Bonchev–Trinajstić information content (AvgIpc) is 2.81. The van der Waals surface area contributed by atoms with E-state index in [-0.39, 0.29) is 17.3 Å². The maximum absolute atomic E-state index is 16.8. The molecule has 3 aliphatic heterocycles. The second kappa shape index (κ2) is 8.78. The van der Waals surface area contributed by atoms with Crippen molar-refractivity contribution in [3.05, 3.63) is 17.6 Å². The van der Waals surface area contributed by atoms with Crippen LogP contribution in [0.3, 0.4) is 0 Å². The third-order valence-corrected chi connectivity index (χ3v) is 17.9. The molecule has 4 heterocycles. The second-order valence-electron chi connectivity index (χ2n) is 11.4. The van der Waals surface area contributed by atoms with Crippen LogP contribution in [0.15, 0.2) is 15.4 Å². The SMILES string of the molecule is CC[Si](CC)(CC)c1cc2nc(c1F)[C@@]1(C)N=C(NC(=O)OC(C)(C)N2)C(C)(C)[S@]2(=O)=NCCC[C@@H]12. The predicted molar refractivity (Wildman–Crippen MR) is 146 cm³/mol. The lowest BCUT2D eigenvalue weighted by Gasteiger charge is -2.48. The van der Waals surface area contributed by atoms with Crippen LogP contribution in [0.25, 0.3) is 0 Å². The van der Waals surface area contributed by atoms with Crippen LogP contribution in [0.5, 0.6) is 0 Å². The quantitative estimate of drug-likeness (QED) is 0.534. The molecular formula is C25H40FN5O3SSi. The van der Waals surface area contributed by atoms with Gasteiger partial charge in [0.2, 0.25) is 0 Å². The number of carbonyl (C=O) groups is 1. The summed E-state index contributed by atoms with van der Waals surface area (Å²) in [6, 6.07) is 4.44. The van der Waals surface area contributed by atoms with E-state index in [4.69, 9.17) is 14.7 Å². The van der Waals surface area contributed by atoms with Gasteiger partial charge < -0.3 is 10.1 Å². The molecule has 0 unspecified atom stereocenters. The van der Waals surface area contributed by atoms with Crippen molar-refractivity contribution in [2.45, 2.75) is 108 Å². The summed E-state index contributed by atoms with van der Waals surface area (Å²) in [5.74, 6) is 0.257. The third kappa shape index (κ3) is 3.88. The number of cyclic esters (lactones) is 1. The molecule has 0 radical (unpaired) electrons.